The summed E-state index contributed by atoms with van der Waals surface area (Å²) in [5.41, 5.74) is 0.116. The molecule has 1 aliphatic carbocycles. The fourth-order valence-corrected chi connectivity index (χ4v) is 4.53. The Morgan fingerprint density at radius 3 is 2.26 bits per heavy atom. The van der Waals surface area contributed by atoms with E-state index in [1.54, 1.807) is 33.8 Å². The van der Waals surface area contributed by atoms with E-state index in [0.717, 1.165) is 24.3 Å². The summed E-state index contributed by atoms with van der Waals surface area (Å²) in [4.78, 5) is 51.0. The number of hydrogen-bond acceptors (Lipinski definition) is 7. The molecule has 0 radical (unpaired) electrons. The van der Waals surface area contributed by atoms with E-state index >= 15 is 0 Å². The van der Waals surface area contributed by atoms with Crippen LogP contribution in [0.1, 0.15) is 57.0 Å². The van der Waals surface area contributed by atoms with Gasteiger partial charge in [-0.15, -0.1) is 0 Å². The second-order valence-corrected chi connectivity index (χ2v) is 9.57. The summed E-state index contributed by atoms with van der Waals surface area (Å²) < 4.78 is 55.9. The van der Waals surface area contributed by atoms with Crippen LogP contribution in [0.3, 0.4) is 0 Å². The van der Waals surface area contributed by atoms with Crippen LogP contribution < -0.4 is 0 Å². The van der Waals surface area contributed by atoms with Crippen LogP contribution in [-0.4, -0.2) is 42.0 Å². The van der Waals surface area contributed by atoms with Crippen LogP contribution in [0.25, 0.3) is 0 Å². The van der Waals surface area contributed by atoms with Gasteiger partial charge < -0.3 is 14.2 Å². The molecule has 1 aromatic carbocycles. The van der Waals surface area contributed by atoms with Crippen LogP contribution in [0, 0.1) is 11.8 Å². The van der Waals surface area contributed by atoms with Crippen LogP contribution in [-0.2, 0) is 34.8 Å². The molecule has 1 heterocycles. The molecule has 0 N–H and O–H groups in total. The minimum absolute atomic E-state index is 0.128. The van der Waals surface area contributed by atoms with E-state index in [4.69, 9.17) is 14.2 Å². The van der Waals surface area contributed by atoms with Gasteiger partial charge in [0.25, 0.3) is 0 Å². The Hall–Kier alpha value is -3.69. The third-order valence-electron chi connectivity index (χ3n) is 6.73. The highest BCUT2D eigenvalue weighted by Gasteiger charge is 2.52. The second kappa shape index (κ2) is 11.4. The number of carbonyl (C=O) groups excluding carboxylic acids is 4. The van der Waals surface area contributed by atoms with Crippen molar-refractivity contribution in [3.05, 3.63) is 70.3 Å². The van der Waals surface area contributed by atoms with Gasteiger partial charge in [-0.3, -0.25) is 9.59 Å². The highest BCUT2D eigenvalue weighted by Crippen LogP contribution is 2.40. The van der Waals surface area contributed by atoms with E-state index in [0.29, 0.717) is 11.1 Å². The monoisotopic (exact) mass is 534 g/mol. The van der Waals surface area contributed by atoms with Crippen molar-refractivity contribution in [3.63, 3.8) is 0 Å². The number of hydrogen-bond donors (Lipinski definition) is 0. The maximum absolute atomic E-state index is 13.0. The van der Waals surface area contributed by atoms with Crippen LogP contribution >= 0.6 is 0 Å². The van der Waals surface area contributed by atoms with Crippen molar-refractivity contribution in [1.82, 2.24) is 0 Å². The highest BCUT2D eigenvalue weighted by molar-refractivity contribution is 6.00. The lowest BCUT2D eigenvalue weighted by atomic mass is 9.80. The summed E-state index contributed by atoms with van der Waals surface area (Å²) in [5, 5.41) is 0. The molecular formula is C28H29F3O7. The van der Waals surface area contributed by atoms with Gasteiger partial charge in [0.05, 0.1) is 23.0 Å². The van der Waals surface area contributed by atoms with Gasteiger partial charge >= 0.3 is 24.1 Å². The molecule has 1 aliphatic heterocycles. The Morgan fingerprint density at radius 2 is 1.68 bits per heavy atom. The summed E-state index contributed by atoms with van der Waals surface area (Å²) >= 11 is 0. The van der Waals surface area contributed by atoms with Crippen molar-refractivity contribution >= 4 is 23.7 Å². The minimum atomic E-state index is -4.58. The molecule has 0 amide bonds. The Kier molecular flexibility index (Phi) is 8.64. The first-order chi connectivity index (χ1) is 17.7. The van der Waals surface area contributed by atoms with Gasteiger partial charge in [0.2, 0.25) is 0 Å². The molecule has 0 saturated carbocycles. The number of rotatable bonds is 4. The molecule has 3 rings (SSSR count). The Bertz CT molecular complexity index is 1210. The average molecular weight is 535 g/mol. The SMILES string of the molecule is C/C=C(\C)C(=O)O[C@H]1C/C(C)=C/C(=O)/C=C(/C)[C@@H](OC(=O)c2ccc(C(F)(F)F)cc2)[C@H]2OC(=O)C(C)[C@@H]21. The normalized spacial score (nSPS) is 29.3. The van der Waals surface area contributed by atoms with Crippen LogP contribution in [0.4, 0.5) is 13.2 Å². The maximum atomic E-state index is 13.0. The zero-order chi connectivity index (χ0) is 28.4. The molecule has 1 aromatic rings. The predicted molar refractivity (Wildman–Crippen MR) is 130 cm³/mol. The Labute approximate surface area is 218 Å². The third kappa shape index (κ3) is 6.41. The van der Waals surface area contributed by atoms with Gasteiger partial charge in [-0.1, -0.05) is 18.6 Å². The van der Waals surface area contributed by atoms with Crippen molar-refractivity contribution in [3.8, 4) is 0 Å². The number of benzene rings is 1. The fraction of sp³-hybridized carbons (Fsp3) is 0.429. The average Bonchev–Trinajstić information content (AvgIpc) is 3.13. The fourth-order valence-electron chi connectivity index (χ4n) is 4.53. The zero-order valence-electron chi connectivity index (χ0n) is 21.6. The van der Waals surface area contributed by atoms with E-state index < -0.39 is 65.6 Å². The van der Waals surface area contributed by atoms with Gasteiger partial charge in [0, 0.05) is 12.0 Å². The smallest absolute Gasteiger partial charge is 0.416 e. The highest BCUT2D eigenvalue weighted by atomic mass is 19.4. The molecule has 0 spiro atoms. The van der Waals surface area contributed by atoms with Crippen molar-refractivity contribution < 1.29 is 46.6 Å². The number of alkyl halides is 3. The lowest BCUT2D eigenvalue weighted by molar-refractivity contribution is -0.151. The van der Waals surface area contributed by atoms with Crippen LogP contribution in [0.5, 0.6) is 0 Å². The zero-order valence-corrected chi connectivity index (χ0v) is 21.6. The number of fused-ring (bicyclic) bond motifs is 1. The number of esters is 3. The second-order valence-electron chi connectivity index (χ2n) is 9.57. The van der Waals surface area contributed by atoms with E-state index in [-0.39, 0.29) is 17.6 Å². The molecule has 10 heteroatoms. The lowest BCUT2D eigenvalue weighted by Gasteiger charge is -2.33. The molecule has 1 fully saturated rings. The molecule has 204 valence electrons. The van der Waals surface area contributed by atoms with Gasteiger partial charge in [0.15, 0.2) is 11.9 Å². The molecule has 38 heavy (non-hydrogen) atoms. The molecule has 5 atom stereocenters. The largest absolute Gasteiger partial charge is 0.458 e. The maximum Gasteiger partial charge on any atom is 0.416 e. The van der Waals surface area contributed by atoms with E-state index in [9.17, 15) is 32.3 Å². The van der Waals surface area contributed by atoms with Crippen molar-refractivity contribution in [1.29, 1.82) is 0 Å². The standard InChI is InChI=1S/C28H29F3O7/c1-6-15(3)25(33)36-21-12-14(2)11-20(32)13-16(4)23(24-22(21)17(5)26(34)38-24)37-27(35)18-7-9-19(10-8-18)28(29,30)31/h6-11,13,17,21-24H,12H2,1-5H3/b14-11+,15-6+,16-13-/t17?,21-,22+,23+,24-/m0/s1. The molecule has 1 saturated heterocycles. The summed E-state index contributed by atoms with van der Waals surface area (Å²) in [6, 6.07) is 3.46. The predicted octanol–water partition coefficient (Wildman–Crippen LogP) is 5.15. The van der Waals surface area contributed by atoms with Gasteiger partial charge in [-0.05, 0) is 69.7 Å². The van der Waals surface area contributed by atoms with Gasteiger partial charge in [0.1, 0.15) is 12.2 Å². The quantitative estimate of drug-likeness (QED) is 0.299. The van der Waals surface area contributed by atoms with Gasteiger partial charge in [-0.25, -0.2) is 9.59 Å². The topological polar surface area (TPSA) is 96.0 Å². The first-order valence-corrected chi connectivity index (χ1v) is 12.0. The first kappa shape index (κ1) is 28.9. The van der Waals surface area contributed by atoms with E-state index in [1.807, 2.05) is 0 Å². The minimum Gasteiger partial charge on any atom is -0.458 e. The van der Waals surface area contributed by atoms with Crippen LogP contribution in [0.2, 0.25) is 0 Å². The summed E-state index contributed by atoms with van der Waals surface area (Å²) in [6.45, 7) is 8.08. The number of ketones is 1. The Balaban J connectivity index is 2.03. The van der Waals surface area contributed by atoms with Crippen molar-refractivity contribution in [2.45, 2.75) is 65.5 Å². The van der Waals surface area contributed by atoms with Crippen LogP contribution in [0.15, 0.2) is 59.2 Å². The summed E-state index contributed by atoms with van der Waals surface area (Å²) in [5.74, 6) is -4.08. The summed E-state index contributed by atoms with van der Waals surface area (Å²) in [6.07, 6.45) is -3.54. The molecule has 7 nitrogen and oxygen atoms in total. The van der Waals surface area contributed by atoms with Crippen molar-refractivity contribution in [2.24, 2.45) is 11.8 Å². The van der Waals surface area contributed by atoms with Crippen molar-refractivity contribution in [2.75, 3.05) is 0 Å². The summed E-state index contributed by atoms with van der Waals surface area (Å²) in [7, 11) is 0. The number of ether oxygens (including phenoxy) is 3. The first-order valence-electron chi connectivity index (χ1n) is 12.0. The molecule has 2 aliphatic rings. The molecule has 1 unspecified atom stereocenters. The van der Waals surface area contributed by atoms with E-state index in [1.165, 1.54) is 19.1 Å². The third-order valence-corrected chi connectivity index (χ3v) is 6.73. The Morgan fingerprint density at radius 1 is 1.05 bits per heavy atom. The lowest BCUT2D eigenvalue weighted by Crippen LogP contribution is -2.44. The number of carbonyl (C=O) groups is 4. The number of allylic oxidation sites excluding steroid dienone is 3. The number of halogens is 3. The van der Waals surface area contributed by atoms with Gasteiger partial charge in [-0.2, -0.15) is 13.2 Å². The van der Waals surface area contributed by atoms with E-state index in [2.05, 4.69) is 0 Å². The molecule has 0 aromatic heterocycles. The molecule has 0 bridgehead atoms. The molecular weight excluding hydrogens is 505 g/mol.